The second-order valence-corrected chi connectivity index (χ2v) is 8.08. The van der Waals surface area contributed by atoms with Crippen LogP contribution in [0.4, 0.5) is 0 Å². The van der Waals surface area contributed by atoms with Gasteiger partial charge < -0.3 is 48.1 Å². The number of phenols is 1. The molecule has 0 aliphatic heterocycles. The van der Waals surface area contributed by atoms with Crippen LogP contribution >= 0.6 is 0 Å². The quantitative estimate of drug-likeness (QED) is 0.115. The number of methoxy groups -OCH3 is 2. The molecule has 222 valence electrons. The van der Waals surface area contributed by atoms with Gasteiger partial charge in [0.2, 0.25) is 11.6 Å². The first-order valence-corrected chi connectivity index (χ1v) is 12.8. The van der Waals surface area contributed by atoms with E-state index in [0.717, 1.165) is 0 Å². The maximum Gasteiger partial charge on any atom is 0.233 e. The second-order valence-electron chi connectivity index (χ2n) is 8.08. The van der Waals surface area contributed by atoms with E-state index < -0.39 is 11.6 Å². The van der Waals surface area contributed by atoms with Gasteiger partial charge in [0.1, 0.15) is 18.1 Å². The fraction of sp³-hybridized carbons (Fsp3) is 0.500. The Labute approximate surface area is 233 Å². The van der Waals surface area contributed by atoms with E-state index in [1.54, 1.807) is 0 Å². The third-order valence-electron chi connectivity index (χ3n) is 5.23. The Morgan fingerprint density at radius 1 is 0.600 bits per heavy atom. The predicted octanol–water partition coefficient (Wildman–Crippen LogP) is 1.93. The van der Waals surface area contributed by atoms with E-state index in [2.05, 4.69) is 0 Å². The molecule has 0 atom stereocenters. The van der Waals surface area contributed by atoms with Gasteiger partial charge in [-0.3, -0.25) is 9.59 Å². The fourth-order valence-corrected chi connectivity index (χ4v) is 3.30. The van der Waals surface area contributed by atoms with E-state index in [4.69, 9.17) is 43.0 Å². The number of hydrogen-bond donors (Lipinski definition) is 2. The van der Waals surface area contributed by atoms with Crippen LogP contribution in [-0.2, 0) is 23.7 Å². The molecule has 0 bridgehead atoms. The predicted molar refractivity (Wildman–Crippen MR) is 143 cm³/mol. The van der Waals surface area contributed by atoms with Gasteiger partial charge in [-0.25, -0.2) is 0 Å². The molecule has 2 aromatic rings. The van der Waals surface area contributed by atoms with Crippen LogP contribution < -0.4 is 14.2 Å². The largest absolute Gasteiger partial charge is 0.508 e. The molecular formula is C28H38O12. The molecule has 0 amide bonds. The Balaban J connectivity index is 1.61. The first-order valence-electron chi connectivity index (χ1n) is 12.8. The van der Waals surface area contributed by atoms with E-state index >= 15 is 0 Å². The lowest BCUT2D eigenvalue weighted by molar-refractivity contribution is -0.0146. The highest BCUT2D eigenvalue weighted by atomic mass is 16.6. The van der Waals surface area contributed by atoms with Gasteiger partial charge in [-0.2, -0.15) is 0 Å². The monoisotopic (exact) mass is 566 g/mol. The molecule has 40 heavy (non-hydrogen) atoms. The van der Waals surface area contributed by atoms with Crippen LogP contribution in [0.5, 0.6) is 23.0 Å². The van der Waals surface area contributed by atoms with E-state index in [0.29, 0.717) is 71.0 Å². The molecule has 0 radical (unpaired) electrons. The summed E-state index contributed by atoms with van der Waals surface area (Å²) in [4.78, 5) is 25.5. The molecule has 2 rings (SSSR count). The first-order chi connectivity index (χ1) is 19.5. The molecule has 12 nitrogen and oxygen atoms in total. The Hall–Kier alpha value is -3.26. The number of aromatic hydroxyl groups is 1. The smallest absolute Gasteiger partial charge is 0.233 e. The molecule has 0 aliphatic carbocycles. The molecule has 0 saturated carbocycles. The van der Waals surface area contributed by atoms with Crippen LogP contribution in [0.3, 0.4) is 0 Å². The molecule has 0 spiro atoms. The number of hydrogen-bond acceptors (Lipinski definition) is 12. The van der Waals surface area contributed by atoms with Gasteiger partial charge in [0.15, 0.2) is 11.5 Å². The molecule has 12 heteroatoms. The van der Waals surface area contributed by atoms with Crippen LogP contribution in [0.1, 0.15) is 20.7 Å². The van der Waals surface area contributed by atoms with Gasteiger partial charge in [-0.1, -0.05) is 0 Å². The normalized spacial score (nSPS) is 10.9. The fourth-order valence-electron chi connectivity index (χ4n) is 3.30. The molecular weight excluding hydrogens is 528 g/mol. The van der Waals surface area contributed by atoms with E-state index in [1.807, 2.05) is 0 Å². The minimum absolute atomic E-state index is 0.000704. The molecule has 0 heterocycles. The standard InChI is InChI=1S/C28H38O12/c1-33-25-4-3-21(19-26(25)34-2)27(31)28(32)22-17-23(30)20-24(18-22)40-16-15-39-14-13-38-12-11-37-10-9-36-8-7-35-6-5-29/h3-4,17-20,29-30H,5-16H2,1-2H3. The zero-order valence-electron chi connectivity index (χ0n) is 22.9. The number of carbonyl (C=O) groups is 2. The van der Waals surface area contributed by atoms with Crippen molar-refractivity contribution in [2.45, 2.75) is 0 Å². The number of aliphatic hydroxyl groups is 1. The van der Waals surface area contributed by atoms with Crippen LogP contribution in [0.2, 0.25) is 0 Å². The average Bonchev–Trinajstić information content (AvgIpc) is 2.97. The maximum absolute atomic E-state index is 12.8. The summed E-state index contributed by atoms with van der Waals surface area (Å²) in [5.41, 5.74) is 0.117. The Bertz CT molecular complexity index is 1030. The minimum Gasteiger partial charge on any atom is -0.508 e. The van der Waals surface area contributed by atoms with Crippen molar-refractivity contribution in [3.8, 4) is 23.0 Å². The second kappa shape index (κ2) is 19.7. The van der Waals surface area contributed by atoms with Gasteiger partial charge in [-0.05, 0) is 30.3 Å². The number of ketones is 2. The maximum atomic E-state index is 12.8. The van der Waals surface area contributed by atoms with Gasteiger partial charge in [0.05, 0.1) is 86.9 Å². The lowest BCUT2D eigenvalue weighted by Crippen LogP contribution is -2.15. The highest BCUT2D eigenvalue weighted by Crippen LogP contribution is 2.29. The molecule has 0 saturated heterocycles. The van der Waals surface area contributed by atoms with Gasteiger partial charge in [0.25, 0.3) is 0 Å². The van der Waals surface area contributed by atoms with Crippen LogP contribution in [0.25, 0.3) is 0 Å². The van der Waals surface area contributed by atoms with Crippen LogP contribution in [-0.4, -0.2) is 115 Å². The number of ether oxygens (including phenoxy) is 8. The Morgan fingerprint density at radius 3 is 1.62 bits per heavy atom. The third kappa shape index (κ3) is 12.3. The van der Waals surface area contributed by atoms with Crippen LogP contribution in [0.15, 0.2) is 36.4 Å². The number of rotatable bonds is 23. The van der Waals surface area contributed by atoms with E-state index in [9.17, 15) is 14.7 Å². The van der Waals surface area contributed by atoms with Crippen molar-refractivity contribution >= 4 is 11.6 Å². The Morgan fingerprint density at radius 2 is 1.10 bits per heavy atom. The minimum atomic E-state index is -0.804. The summed E-state index contributed by atoms with van der Waals surface area (Å²) in [6.45, 7) is 4.09. The Kier molecular flexibility index (Phi) is 16.3. The number of Topliss-reactive ketones (excluding diaryl/α,β-unsaturated/α-hetero) is 2. The van der Waals surface area contributed by atoms with Gasteiger partial charge >= 0.3 is 0 Å². The van der Waals surface area contributed by atoms with Crippen molar-refractivity contribution in [2.75, 3.05) is 93.5 Å². The molecule has 0 unspecified atom stereocenters. The zero-order chi connectivity index (χ0) is 29.0. The van der Waals surface area contributed by atoms with Crippen molar-refractivity contribution in [3.63, 3.8) is 0 Å². The van der Waals surface area contributed by atoms with Crippen molar-refractivity contribution in [2.24, 2.45) is 0 Å². The summed E-state index contributed by atoms with van der Waals surface area (Å²) in [7, 11) is 2.90. The molecule has 2 aromatic carbocycles. The van der Waals surface area contributed by atoms with Crippen molar-refractivity contribution in [1.82, 2.24) is 0 Å². The summed E-state index contributed by atoms with van der Waals surface area (Å²) in [5.74, 6) is -0.808. The number of phenolic OH excluding ortho intramolecular Hbond substituents is 1. The van der Waals surface area contributed by atoms with E-state index in [-0.39, 0.29) is 42.4 Å². The lowest BCUT2D eigenvalue weighted by atomic mass is 10.0. The number of aliphatic hydroxyl groups excluding tert-OH is 1. The highest BCUT2D eigenvalue weighted by Gasteiger charge is 2.21. The summed E-state index contributed by atoms with van der Waals surface area (Å²) in [6, 6.07) is 8.36. The van der Waals surface area contributed by atoms with Crippen LogP contribution in [0, 0.1) is 0 Å². The number of benzene rings is 2. The SMILES string of the molecule is COc1ccc(C(=O)C(=O)c2cc(O)cc(OCCOCCOCCOCCOCCOCCO)c2)cc1OC. The topological polar surface area (TPSA) is 148 Å². The molecule has 0 aromatic heterocycles. The van der Waals surface area contributed by atoms with Gasteiger partial charge in [-0.15, -0.1) is 0 Å². The van der Waals surface area contributed by atoms with Gasteiger partial charge in [0, 0.05) is 17.2 Å². The summed E-state index contributed by atoms with van der Waals surface area (Å²) >= 11 is 0. The molecule has 0 aliphatic rings. The summed E-state index contributed by atoms with van der Waals surface area (Å²) < 4.78 is 42.5. The van der Waals surface area contributed by atoms with Crippen molar-refractivity contribution in [1.29, 1.82) is 0 Å². The number of carbonyl (C=O) groups excluding carboxylic acids is 2. The van der Waals surface area contributed by atoms with Crippen molar-refractivity contribution < 1.29 is 57.7 Å². The zero-order valence-corrected chi connectivity index (χ0v) is 22.9. The van der Waals surface area contributed by atoms with Crippen molar-refractivity contribution in [3.05, 3.63) is 47.5 Å². The van der Waals surface area contributed by atoms with E-state index in [1.165, 1.54) is 50.6 Å². The summed E-state index contributed by atoms with van der Waals surface area (Å²) in [6.07, 6.45) is 0. The first kappa shape index (κ1) is 32.9. The molecule has 2 N–H and O–H groups in total. The lowest BCUT2D eigenvalue weighted by Gasteiger charge is -2.11. The highest BCUT2D eigenvalue weighted by molar-refractivity contribution is 6.49. The average molecular weight is 567 g/mol. The summed E-state index contributed by atoms with van der Waals surface area (Å²) in [5, 5.41) is 18.6. The molecule has 0 fully saturated rings. The third-order valence-corrected chi connectivity index (χ3v) is 5.23.